The Morgan fingerprint density at radius 2 is 2.00 bits per heavy atom. The third-order valence-electron chi connectivity index (χ3n) is 3.35. The van der Waals surface area contributed by atoms with Crippen LogP contribution in [0.25, 0.3) is 16.7 Å². The lowest BCUT2D eigenvalue weighted by Gasteiger charge is -2.08. The number of imidazole rings is 1. The molecule has 0 spiro atoms. The molecule has 0 aliphatic rings. The minimum absolute atomic E-state index is 0.228. The molecule has 2 N–H and O–H groups in total. The van der Waals surface area contributed by atoms with Gasteiger partial charge in [0.1, 0.15) is 5.69 Å². The van der Waals surface area contributed by atoms with Gasteiger partial charge < -0.3 is 10.3 Å². The van der Waals surface area contributed by atoms with E-state index in [2.05, 4.69) is 15.3 Å². The second kappa shape index (κ2) is 4.90. The number of aromatic nitrogens is 3. The number of aryl methyl sites for hydroxylation is 1. The van der Waals surface area contributed by atoms with Crippen LogP contribution in [0.15, 0.2) is 41.2 Å². The van der Waals surface area contributed by atoms with Crippen LogP contribution in [0.2, 0.25) is 0 Å². The minimum Gasteiger partial charge on any atom is -0.354 e. The molecule has 2 aromatic heterocycles. The second-order valence-electron chi connectivity index (χ2n) is 4.66. The summed E-state index contributed by atoms with van der Waals surface area (Å²) in [7, 11) is 1.55. The van der Waals surface area contributed by atoms with Crippen molar-refractivity contribution < 1.29 is 4.79 Å². The van der Waals surface area contributed by atoms with Gasteiger partial charge in [-0.15, -0.1) is 0 Å². The summed E-state index contributed by atoms with van der Waals surface area (Å²) in [6, 6.07) is 10.8. The van der Waals surface area contributed by atoms with E-state index in [1.807, 2.05) is 24.3 Å². The highest BCUT2D eigenvalue weighted by molar-refractivity contribution is 5.92. The Hall–Kier alpha value is -2.89. The maximum Gasteiger partial charge on any atom is 0.331 e. The van der Waals surface area contributed by atoms with Crippen LogP contribution >= 0.6 is 0 Å². The van der Waals surface area contributed by atoms with Crippen molar-refractivity contribution in [1.29, 1.82) is 0 Å². The van der Waals surface area contributed by atoms with Crippen molar-refractivity contribution in [1.82, 2.24) is 19.9 Å². The molecule has 0 bridgehead atoms. The van der Waals surface area contributed by atoms with Crippen molar-refractivity contribution in [2.75, 3.05) is 7.05 Å². The molecule has 0 aliphatic heterocycles. The molecule has 0 fully saturated rings. The van der Waals surface area contributed by atoms with Gasteiger partial charge in [0, 0.05) is 7.05 Å². The summed E-state index contributed by atoms with van der Waals surface area (Å²) in [5, 5.41) is 2.53. The molecule has 0 saturated heterocycles. The maximum absolute atomic E-state index is 12.2. The van der Waals surface area contributed by atoms with Crippen molar-refractivity contribution in [3.8, 4) is 5.69 Å². The third kappa shape index (κ3) is 2.10. The molecule has 21 heavy (non-hydrogen) atoms. The zero-order valence-corrected chi connectivity index (χ0v) is 11.7. The molecule has 6 nitrogen and oxygen atoms in total. The fourth-order valence-electron chi connectivity index (χ4n) is 2.34. The van der Waals surface area contributed by atoms with E-state index in [1.54, 1.807) is 30.7 Å². The fraction of sp³-hybridized carbons (Fsp3) is 0.133. The molecular weight excluding hydrogens is 268 g/mol. The van der Waals surface area contributed by atoms with Crippen molar-refractivity contribution in [2.24, 2.45) is 0 Å². The molecule has 1 amide bonds. The van der Waals surface area contributed by atoms with E-state index in [9.17, 15) is 9.59 Å². The van der Waals surface area contributed by atoms with E-state index in [0.29, 0.717) is 17.1 Å². The van der Waals surface area contributed by atoms with Crippen LogP contribution in [0.5, 0.6) is 0 Å². The molecule has 0 radical (unpaired) electrons. The standard InChI is InChI=1S/C15H14N4O2/c1-9-12(8-7-11(17-9)14(20)16-2)19-13-6-4-3-5-10(13)18-15(19)21/h3-8H,1-2H3,(H,16,20)(H,18,21). The topological polar surface area (TPSA) is 79.8 Å². The molecule has 106 valence electrons. The zero-order valence-electron chi connectivity index (χ0n) is 11.7. The Bertz CT molecular complexity index is 892. The van der Waals surface area contributed by atoms with Crippen LogP contribution < -0.4 is 11.0 Å². The minimum atomic E-state index is -0.254. The molecule has 0 unspecified atom stereocenters. The first-order valence-corrected chi connectivity index (χ1v) is 6.51. The van der Waals surface area contributed by atoms with Gasteiger partial charge in [-0.2, -0.15) is 0 Å². The summed E-state index contributed by atoms with van der Waals surface area (Å²) in [5.74, 6) is -0.254. The number of H-pyrrole nitrogens is 1. The van der Waals surface area contributed by atoms with Gasteiger partial charge in [0.05, 0.1) is 22.4 Å². The van der Waals surface area contributed by atoms with Gasteiger partial charge in [0.2, 0.25) is 0 Å². The SMILES string of the molecule is CNC(=O)c1ccc(-n2c(=O)[nH]c3ccccc32)c(C)n1. The van der Waals surface area contributed by atoms with Crippen LogP contribution in [0.4, 0.5) is 0 Å². The van der Waals surface area contributed by atoms with E-state index in [0.717, 1.165) is 11.0 Å². The number of nitrogens with zero attached hydrogens (tertiary/aromatic N) is 2. The zero-order chi connectivity index (χ0) is 15.0. The van der Waals surface area contributed by atoms with Crippen molar-refractivity contribution in [2.45, 2.75) is 6.92 Å². The molecule has 3 aromatic rings. The highest BCUT2D eigenvalue weighted by Crippen LogP contribution is 2.17. The van der Waals surface area contributed by atoms with Crippen molar-refractivity contribution in [3.05, 3.63) is 58.3 Å². The third-order valence-corrected chi connectivity index (χ3v) is 3.35. The summed E-state index contributed by atoms with van der Waals surface area (Å²) < 4.78 is 1.56. The van der Waals surface area contributed by atoms with E-state index in [1.165, 1.54) is 0 Å². The Morgan fingerprint density at radius 1 is 1.24 bits per heavy atom. The Balaban J connectivity index is 2.22. The van der Waals surface area contributed by atoms with Crippen LogP contribution in [-0.4, -0.2) is 27.5 Å². The average molecular weight is 282 g/mol. The number of amides is 1. The van der Waals surface area contributed by atoms with Gasteiger partial charge in [-0.1, -0.05) is 12.1 Å². The summed E-state index contributed by atoms with van der Waals surface area (Å²) >= 11 is 0. The first-order valence-electron chi connectivity index (χ1n) is 6.51. The van der Waals surface area contributed by atoms with Gasteiger partial charge in [0.15, 0.2) is 0 Å². The van der Waals surface area contributed by atoms with Crippen LogP contribution in [-0.2, 0) is 0 Å². The van der Waals surface area contributed by atoms with Crippen LogP contribution in [0, 0.1) is 6.92 Å². The van der Waals surface area contributed by atoms with Crippen molar-refractivity contribution in [3.63, 3.8) is 0 Å². The number of carbonyl (C=O) groups excluding carboxylic acids is 1. The predicted octanol–water partition coefficient (Wildman–Crippen LogP) is 1.38. The normalized spacial score (nSPS) is 10.8. The summed E-state index contributed by atoms with van der Waals surface area (Å²) in [6.07, 6.45) is 0. The molecule has 0 aliphatic carbocycles. The maximum atomic E-state index is 12.2. The number of aromatic amines is 1. The number of benzene rings is 1. The summed E-state index contributed by atoms with van der Waals surface area (Å²) in [5.41, 5.74) is 2.91. The Morgan fingerprint density at radius 3 is 2.71 bits per heavy atom. The van der Waals surface area contributed by atoms with Gasteiger partial charge in [0.25, 0.3) is 5.91 Å². The smallest absolute Gasteiger partial charge is 0.331 e. The number of carbonyl (C=O) groups is 1. The van der Waals surface area contributed by atoms with E-state index < -0.39 is 0 Å². The highest BCUT2D eigenvalue weighted by atomic mass is 16.2. The number of rotatable bonds is 2. The quantitative estimate of drug-likeness (QED) is 0.745. The predicted molar refractivity (Wildman–Crippen MR) is 79.8 cm³/mol. The number of fused-ring (bicyclic) bond motifs is 1. The molecule has 2 heterocycles. The van der Waals surface area contributed by atoms with E-state index in [4.69, 9.17) is 0 Å². The number of hydrogen-bond donors (Lipinski definition) is 2. The second-order valence-corrected chi connectivity index (χ2v) is 4.66. The highest BCUT2D eigenvalue weighted by Gasteiger charge is 2.13. The van der Waals surface area contributed by atoms with Gasteiger partial charge in [-0.25, -0.2) is 9.78 Å². The molecule has 0 atom stereocenters. The number of pyridine rings is 1. The fourth-order valence-corrected chi connectivity index (χ4v) is 2.34. The number of nitrogens with one attached hydrogen (secondary N) is 2. The van der Waals surface area contributed by atoms with Crippen LogP contribution in [0.1, 0.15) is 16.2 Å². The van der Waals surface area contributed by atoms with E-state index >= 15 is 0 Å². The largest absolute Gasteiger partial charge is 0.354 e. The van der Waals surface area contributed by atoms with Gasteiger partial charge >= 0.3 is 5.69 Å². The first kappa shape index (κ1) is 13.1. The first-order chi connectivity index (χ1) is 10.1. The lowest BCUT2D eigenvalue weighted by molar-refractivity contribution is 0.0958. The molecule has 0 saturated carbocycles. The Labute approximate surface area is 120 Å². The summed E-state index contributed by atoms with van der Waals surface area (Å²) in [4.78, 5) is 30.8. The van der Waals surface area contributed by atoms with Gasteiger partial charge in [-0.05, 0) is 31.2 Å². The Kier molecular flexibility index (Phi) is 3.06. The molecule has 1 aromatic carbocycles. The summed E-state index contributed by atoms with van der Waals surface area (Å²) in [6.45, 7) is 1.77. The monoisotopic (exact) mass is 282 g/mol. The molecule has 3 rings (SSSR count). The molecular formula is C15H14N4O2. The lowest BCUT2D eigenvalue weighted by atomic mass is 10.2. The average Bonchev–Trinajstić information content (AvgIpc) is 2.82. The van der Waals surface area contributed by atoms with Crippen molar-refractivity contribution >= 4 is 16.9 Å². The number of para-hydroxylation sites is 2. The number of hydrogen-bond acceptors (Lipinski definition) is 3. The van der Waals surface area contributed by atoms with E-state index in [-0.39, 0.29) is 11.6 Å². The van der Waals surface area contributed by atoms with Gasteiger partial charge in [-0.3, -0.25) is 9.36 Å². The lowest BCUT2D eigenvalue weighted by Crippen LogP contribution is -2.21. The van der Waals surface area contributed by atoms with Crippen LogP contribution in [0.3, 0.4) is 0 Å². The molecule has 6 heteroatoms.